The molecule has 0 nitrogen and oxygen atoms in total. The average Bonchev–Trinajstić information content (AvgIpc) is 2.34. The highest BCUT2D eigenvalue weighted by Gasteiger charge is 2.13. The first-order valence-corrected chi connectivity index (χ1v) is 7.27. The van der Waals surface area contributed by atoms with Crippen molar-refractivity contribution in [1.29, 1.82) is 0 Å². The number of halogens is 1. The Morgan fingerprint density at radius 2 is 1.76 bits per heavy atom. The molecule has 1 atom stereocenters. The van der Waals surface area contributed by atoms with E-state index in [2.05, 4.69) is 45.9 Å². The molecule has 0 aromatic heterocycles. The average molecular weight is 253 g/mol. The van der Waals surface area contributed by atoms with Crippen molar-refractivity contribution in [3.63, 3.8) is 0 Å². The second kappa shape index (κ2) is 7.06. The molecule has 0 heterocycles. The van der Waals surface area contributed by atoms with Crippen LogP contribution in [0.15, 0.2) is 18.2 Å². The van der Waals surface area contributed by atoms with Gasteiger partial charge in [-0.15, -0.1) is 11.6 Å². The summed E-state index contributed by atoms with van der Waals surface area (Å²) >= 11 is 6.56. The van der Waals surface area contributed by atoms with Gasteiger partial charge in [-0.25, -0.2) is 0 Å². The van der Waals surface area contributed by atoms with Gasteiger partial charge in [0.2, 0.25) is 0 Å². The maximum absolute atomic E-state index is 6.56. The van der Waals surface area contributed by atoms with Crippen molar-refractivity contribution >= 4 is 11.6 Å². The Balaban J connectivity index is 2.85. The van der Waals surface area contributed by atoms with Crippen LogP contribution in [-0.4, -0.2) is 0 Å². The summed E-state index contributed by atoms with van der Waals surface area (Å²) in [5, 5.41) is 0.179. The molecule has 1 rings (SSSR count). The fourth-order valence-corrected chi connectivity index (χ4v) is 2.44. The van der Waals surface area contributed by atoms with Crippen LogP contribution in [0.3, 0.4) is 0 Å². The van der Waals surface area contributed by atoms with E-state index in [0.29, 0.717) is 0 Å². The van der Waals surface area contributed by atoms with E-state index in [1.54, 1.807) is 0 Å². The lowest BCUT2D eigenvalue weighted by Gasteiger charge is -2.16. The zero-order chi connectivity index (χ0) is 12.8. The molecule has 0 saturated heterocycles. The fraction of sp³-hybridized carbons (Fsp3) is 0.625. The molecule has 0 fully saturated rings. The molecular formula is C16H25Cl. The highest BCUT2D eigenvalue weighted by atomic mass is 35.5. The molecule has 0 saturated carbocycles. The Morgan fingerprint density at radius 1 is 1.06 bits per heavy atom. The van der Waals surface area contributed by atoms with Gasteiger partial charge in [0, 0.05) is 0 Å². The van der Waals surface area contributed by atoms with Crippen LogP contribution in [0.4, 0.5) is 0 Å². The van der Waals surface area contributed by atoms with E-state index in [0.717, 1.165) is 25.2 Å². The first-order valence-electron chi connectivity index (χ1n) is 6.84. The lowest BCUT2D eigenvalue weighted by molar-refractivity contribution is 0.548. The molecule has 0 amide bonds. The monoisotopic (exact) mass is 252 g/mol. The molecule has 1 aromatic carbocycles. The van der Waals surface area contributed by atoms with E-state index in [1.807, 2.05) is 0 Å². The normalized spacial score (nSPS) is 13.1. The number of aryl methyl sites for hydroxylation is 2. The van der Waals surface area contributed by atoms with Gasteiger partial charge in [0.25, 0.3) is 0 Å². The summed E-state index contributed by atoms with van der Waals surface area (Å²) in [6.45, 7) is 8.91. The standard InChI is InChI=1S/C16H25Cl/c1-5-13-8-9-14(6-2)15(11-13)16(17)10-7-12(3)4/h8-9,11-12,16H,5-7,10H2,1-4H3. The van der Waals surface area contributed by atoms with Crippen LogP contribution in [-0.2, 0) is 12.8 Å². The summed E-state index contributed by atoms with van der Waals surface area (Å²) in [6.07, 6.45) is 4.45. The Morgan fingerprint density at radius 3 is 2.29 bits per heavy atom. The van der Waals surface area contributed by atoms with Gasteiger partial charge in [0.1, 0.15) is 0 Å². The van der Waals surface area contributed by atoms with Gasteiger partial charge < -0.3 is 0 Å². The second-order valence-electron chi connectivity index (χ2n) is 5.18. The quantitative estimate of drug-likeness (QED) is 0.584. The molecule has 17 heavy (non-hydrogen) atoms. The number of rotatable bonds is 6. The fourth-order valence-electron chi connectivity index (χ4n) is 2.11. The smallest absolute Gasteiger partial charge is 0.0588 e. The molecule has 1 aromatic rings. The van der Waals surface area contributed by atoms with Crippen molar-refractivity contribution in [3.8, 4) is 0 Å². The summed E-state index contributed by atoms with van der Waals surface area (Å²) in [6, 6.07) is 6.78. The third kappa shape index (κ3) is 4.35. The van der Waals surface area contributed by atoms with Crippen molar-refractivity contribution in [2.75, 3.05) is 0 Å². The van der Waals surface area contributed by atoms with E-state index in [1.165, 1.54) is 23.1 Å². The minimum atomic E-state index is 0.179. The van der Waals surface area contributed by atoms with Gasteiger partial charge in [0.15, 0.2) is 0 Å². The lowest BCUT2D eigenvalue weighted by atomic mass is 9.95. The molecule has 0 bridgehead atoms. The number of hydrogen-bond donors (Lipinski definition) is 0. The molecule has 0 spiro atoms. The topological polar surface area (TPSA) is 0 Å². The molecule has 0 aliphatic carbocycles. The van der Waals surface area contributed by atoms with Crippen LogP contribution in [0, 0.1) is 5.92 Å². The van der Waals surface area contributed by atoms with Gasteiger partial charge in [-0.1, -0.05) is 45.9 Å². The predicted octanol–water partition coefficient (Wildman–Crippen LogP) is 5.53. The van der Waals surface area contributed by atoms with E-state index in [9.17, 15) is 0 Å². The predicted molar refractivity (Wildman–Crippen MR) is 77.9 cm³/mol. The van der Waals surface area contributed by atoms with E-state index in [4.69, 9.17) is 11.6 Å². The Labute approximate surface area is 111 Å². The van der Waals surface area contributed by atoms with Crippen molar-refractivity contribution in [3.05, 3.63) is 34.9 Å². The zero-order valence-electron chi connectivity index (χ0n) is 11.6. The number of hydrogen-bond acceptors (Lipinski definition) is 0. The highest BCUT2D eigenvalue weighted by molar-refractivity contribution is 6.20. The van der Waals surface area contributed by atoms with Gasteiger partial charge in [-0.3, -0.25) is 0 Å². The van der Waals surface area contributed by atoms with E-state index in [-0.39, 0.29) is 5.38 Å². The molecule has 0 aliphatic heterocycles. The minimum Gasteiger partial charge on any atom is -0.118 e. The van der Waals surface area contributed by atoms with Crippen molar-refractivity contribution in [1.82, 2.24) is 0 Å². The van der Waals surface area contributed by atoms with Gasteiger partial charge in [-0.05, 0) is 48.3 Å². The van der Waals surface area contributed by atoms with Crippen LogP contribution in [0.2, 0.25) is 0 Å². The molecule has 0 radical (unpaired) electrons. The second-order valence-corrected chi connectivity index (χ2v) is 5.71. The van der Waals surface area contributed by atoms with E-state index >= 15 is 0 Å². The van der Waals surface area contributed by atoms with Gasteiger partial charge in [0.05, 0.1) is 5.38 Å². The van der Waals surface area contributed by atoms with Crippen LogP contribution < -0.4 is 0 Å². The minimum absolute atomic E-state index is 0.179. The van der Waals surface area contributed by atoms with Crippen molar-refractivity contribution < 1.29 is 0 Å². The first kappa shape index (κ1) is 14.6. The first-order chi connectivity index (χ1) is 8.08. The molecule has 0 N–H and O–H groups in total. The van der Waals surface area contributed by atoms with Crippen LogP contribution in [0.1, 0.15) is 62.6 Å². The zero-order valence-corrected chi connectivity index (χ0v) is 12.3. The summed E-state index contributed by atoms with van der Waals surface area (Å²) in [4.78, 5) is 0. The van der Waals surface area contributed by atoms with Gasteiger partial charge in [-0.2, -0.15) is 0 Å². The Hall–Kier alpha value is -0.490. The summed E-state index contributed by atoms with van der Waals surface area (Å²) in [5.41, 5.74) is 4.16. The molecule has 1 unspecified atom stereocenters. The lowest BCUT2D eigenvalue weighted by Crippen LogP contribution is -2.00. The third-order valence-corrected chi connectivity index (χ3v) is 3.79. The summed E-state index contributed by atoms with van der Waals surface area (Å²) < 4.78 is 0. The van der Waals surface area contributed by atoms with E-state index < -0.39 is 0 Å². The Kier molecular flexibility index (Phi) is 6.05. The van der Waals surface area contributed by atoms with Gasteiger partial charge >= 0.3 is 0 Å². The van der Waals surface area contributed by atoms with Crippen LogP contribution >= 0.6 is 11.6 Å². The number of alkyl halides is 1. The molecule has 1 heteroatoms. The largest absolute Gasteiger partial charge is 0.118 e. The van der Waals surface area contributed by atoms with Crippen LogP contribution in [0.25, 0.3) is 0 Å². The van der Waals surface area contributed by atoms with Crippen molar-refractivity contribution in [2.45, 2.75) is 58.8 Å². The summed E-state index contributed by atoms with van der Waals surface area (Å²) in [5.74, 6) is 0.732. The van der Waals surface area contributed by atoms with Crippen LogP contribution in [0.5, 0.6) is 0 Å². The number of benzene rings is 1. The molecule has 96 valence electrons. The third-order valence-electron chi connectivity index (χ3n) is 3.33. The molecular weight excluding hydrogens is 228 g/mol. The maximum atomic E-state index is 6.56. The molecule has 0 aliphatic rings. The Bertz CT molecular complexity index is 341. The highest BCUT2D eigenvalue weighted by Crippen LogP contribution is 2.31. The summed E-state index contributed by atoms with van der Waals surface area (Å²) in [7, 11) is 0. The SMILES string of the molecule is CCc1ccc(CC)c(C(Cl)CCC(C)C)c1. The maximum Gasteiger partial charge on any atom is 0.0588 e. The van der Waals surface area contributed by atoms with Crippen molar-refractivity contribution in [2.24, 2.45) is 5.92 Å².